The molecule has 0 spiro atoms. The SMILES string of the molecule is NS(=O)(=O)c1cccc(-c2cnc(NC3CC3)nc2)c1-c1nnn[nH]1. The minimum atomic E-state index is -3.97. The molecule has 2 aromatic heterocycles. The van der Waals surface area contributed by atoms with E-state index in [1.165, 1.54) is 6.07 Å². The van der Waals surface area contributed by atoms with Gasteiger partial charge in [0.25, 0.3) is 0 Å². The van der Waals surface area contributed by atoms with Crippen LogP contribution in [-0.4, -0.2) is 45.1 Å². The van der Waals surface area contributed by atoms with Crippen molar-refractivity contribution in [3.05, 3.63) is 30.6 Å². The summed E-state index contributed by atoms with van der Waals surface area (Å²) in [7, 11) is -3.97. The number of nitrogens with two attached hydrogens (primary N) is 1. The van der Waals surface area contributed by atoms with Crippen LogP contribution in [-0.2, 0) is 10.0 Å². The van der Waals surface area contributed by atoms with Gasteiger partial charge in [0.15, 0.2) is 5.82 Å². The Balaban J connectivity index is 1.83. The molecular weight excluding hydrogens is 344 g/mol. The molecule has 4 rings (SSSR count). The summed E-state index contributed by atoms with van der Waals surface area (Å²) in [6.45, 7) is 0. The predicted molar refractivity (Wildman–Crippen MR) is 88.7 cm³/mol. The van der Waals surface area contributed by atoms with E-state index in [1.54, 1.807) is 24.5 Å². The van der Waals surface area contributed by atoms with Gasteiger partial charge in [-0.25, -0.2) is 28.6 Å². The first-order valence-corrected chi connectivity index (χ1v) is 9.06. The van der Waals surface area contributed by atoms with Crippen LogP contribution in [0.5, 0.6) is 0 Å². The van der Waals surface area contributed by atoms with Crippen LogP contribution in [0.3, 0.4) is 0 Å². The molecule has 3 aromatic rings. The number of rotatable bonds is 5. The van der Waals surface area contributed by atoms with Crippen LogP contribution in [0.1, 0.15) is 12.8 Å². The minimum absolute atomic E-state index is 0.0799. The second kappa shape index (κ2) is 5.86. The van der Waals surface area contributed by atoms with Crippen molar-refractivity contribution in [2.24, 2.45) is 5.14 Å². The van der Waals surface area contributed by atoms with Crippen LogP contribution in [0.4, 0.5) is 5.95 Å². The Morgan fingerprint density at radius 3 is 2.56 bits per heavy atom. The van der Waals surface area contributed by atoms with Gasteiger partial charge in [-0.2, -0.15) is 0 Å². The average molecular weight is 358 g/mol. The van der Waals surface area contributed by atoms with Crippen molar-refractivity contribution >= 4 is 16.0 Å². The number of nitrogens with zero attached hydrogens (tertiary/aromatic N) is 5. The summed E-state index contributed by atoms with van der Waals surface area (Å²) < 4.78 is 23.9. The summed E-state index contributed by atoms with van der Waals surface area (Å²) in [4.78, 5) is 8.49. The first-order valence-electron chi connectivity index (χ1n) is 7.51. The molecule has 1 aromatic carbocycles. The fourth-order valence-electron chi connectivity index (χ4n) is 2.47. The summed E-state index contributed by atoms with van der Waals surface area (Å²) in [5.74, 6) is 0.733. The molecule has 11 heteroatoms. The Morgan fingerprint density at radius 1 is 1.20 bits per heavy atom. The third-order valence-electron chi connectivity index (χ3n) is 3.79. The predicted octanol–water partition coefficient (Wildman–Crippen LogP) is 0.545. The van der Waals surface area contributed by atoms with Crippen LogP contribution < -0.4 is 10.5 Å². The number of benzene rings is 1. The van der Waals surface area contributed by atoms with E-state index >= 15 is 0 Å². The lowest BCUT2D eigenvalue weighted by atomic mass is 10.0. The van der Waals surface area contributed by atoms with E-state index in [0.29, 0.717) is 23.1 Å². The monoisotopic (exact) mass is 358 g/mol. The lowest BCUT2D eigenvalue weighted by Crippen LogP contribution is -2.14. The van der Waals surface area contributed by atoms with Crippen LogP contribution in [0.15, 0.2) is 35.5 Å². The summed E-state index contributed by atoms with van der Waals surface area (Å²) in [6, 6.07) is 5.17. The zero-order valence-electron chi connectivity index (χ0n) is 12.9. The maximum Gasteiger partial charge on any atom is 0.238 e. The van der Waals surface area contributed by atoms with Crippen molar-refractivity contribution in [1.82, 2.24) is 30.6 Å². The molecule has 0 atom stereocenters. The van der Waals surface area contributed by atoms with Gasteiger partial charge in [0.2, 0.25) is 16.0 Å². The molecule has 0 unspecified atom stereocenters. The third kappa shape index (κ3) is 3.19. The van der Waals surface area contributed by atoms with Crippen molar-refractivity contribution in [3.63, 3.8) is 0 Å². The van der Waals surface area contributed by atoms with Gasteiger partial charge in [0.1, 0.15) is 0 Å². The molecule has 10 nitrogen and oxygen atoms in total. The maximum atomic E-state index is 12.0. The molecule has 1 aliphatic carbocycles. The minimum Gasteiger partial charge on any atom is -0.351 e. The van der Waals surface area contributed by atoms with Crippen LogP contribution in [0.2, 0.25) is 0 Å². The topological polar surface area (TPSA) is 152 Å². The summed E-state index contributed by atoms with van der Waals surface area (Å²) in [5, 5.41) is 22.0. The van der Waals surface area contributed by atoms with Crippen molar-refractivity contribution in [3.8, 4) is 22.5 Å². The van der Waals surface area contributed by atoms with Gasteiger partial charge in [0.05, 0.1) is 4.90 Å². The van der Waals surface area contributed by atoms with Gasteiger partial charge in [-0.1, -0.05) is 12.1 Å². The zero-order chi connectivity index (χ0) is 17.4. The molecule has 4 N–H and O–H groups in total. The highest BCUT2D eigenvalue weighted by Crippen LogP contribution is 2.34. The largest absolute Gasteiger partial charge is 0.351 e. The van der Waals surface area contributed by atoms with Gasteiger partial charge < -0.3 is 5.32 Å². The molecule has 128 valence electrons. The van der Waals surface area contributed by atoms with Gasteiger partial charge in [-0.05, 0) is 34.9 Å². The Labute approximate surface area is 142 Å². The molecule has 0 radical (unpaired) electrons. The standard InChI is InChI=1S/C14H14N8O2S/c15-25(23,24)11-3-1-2-10(12(11)13-19-21-22-20-13)8-6-16-14(17-7-8)18-9-4-5-9/h1-3,6-7,9H,4-5H2,(H2,15,23,24)(H,16,17,18)(H,19,20,21,22). The lowest BCUT2D eigenvalue weighted by molar-refractivity contribution is 0.598. The molecular formula is C14H14N8O2S. The van der Waals surface area contributed by atoms with Crippen molar-refractivity contribution < 1.29 is 8.42 Å². The zero-order valence-corrected chi connectivity index (χ0v) is 13.7. The third-order valence-corrected chi connectivity index (χ3v) is 4.74. The molecule has 1 fully saturated rings. The smallest absolute Gasteiger partial charge is 0.238 e. The summed E-state index contributed by atoms with van der Waals surface area (Å²) in [6.07, 6.45) is 5.47. The Bertz CT molecular complexity index is 998. The average Bonchev–Trinajstić information content (AvgIpc) is 3.24. The van der Waals surface area contributed by atoms with Crippen LogP contribution in [0, 0.1) is 0 Å². The number of sulfonamides is 1. The maximum absolute atomic E-state index is 12.0. The number of hydrogen-bond donors (Lipinski definition) is 3. The van der Waals surface area contributed by atoms with Gasteiger partial charge in [-0.15, -0.1) is 5.10 Å². The van der Waals surface area contributed by atoms with Crippen LogP contribution in [0.25, 0.3) is 22.5 Å². The summed E-state index contributed by atoms with van der Waals surface area (Å²) in [5.41, 5.74) is 1.46. The number of primary sulfonamides is 1. The number of tetrazole rings is 1. The highest BCUT2D eigenvalue weighted by molar-refractivity contribution is 7.89. The summed E-state index contributed by atoms with van der Waals surface area (Å²) >= 11 is 0. The number of anilines is 1. The molecule has 1 saturated carbocycles. The van der Waals surface area contributed by atoms with E-state index < -0.39 is 10.0 Å². The molecule has 2 heterocycles. The molecule has 25 heavy (non-hydrogen) atoms. The van der Waals surface area contributed by atoms with Crippen LogP contribution >= 0.6 is 0 Å². The number of aromatic nitrogens is 6. The van der Waals surface area contributed by atoms with E-state index in [9.17, 15) is 8.42 Å². The highest BCUT2D eigenvalue weighted by Gasteiger charge is 2.23. The van der Waals surface area contributed by atoms with Crippen molar-refractivity contribution in [2.45, 2.75) is 23.8 Å². The molecule has 1 aliphatic rings. The van der Waals surface area contributed by atoms with Crippen molar-refractivity contribution in [1.29, 1.82) is 0 Å². The molecule has 0 saturated heterocycles. The van der Waals surface area contributed by atoms with E-state index in [0.717, 1.165) is 12.8 Å². The number of hydrogen-bond acceptors (Lipinski definition) is 8. The molecule has 0 aliphatic heterocycles. The first kappa shape index (κ1) is 15.6. The van der Waals surface area contributed by atoms with Gasteiger partial charge in [-0.3, -0.25) is 0 Å². The Kier molecular flexibility index (Phi) is 3.66. The van der Waals surface area contributed by atoms with Gasteiger partial charge >= 0.3 is 0 Å². The van der Waals surface area contributed by atoms with Gasteiger partial charge in [0, 0.05) is 29.6 Å². The van der Waals surface area contributed by atoms with E-state index in [4.69, 9.17) is 5.14 Å². The Morgan fingerprint density at radius 2 is 1.96 bits per heavy atom. The molecule has 0 amide bonds. The quantitative estimate of drug-likeness (QED) is 0.597. The Hall–Kier alpha value is -2.92. The first-order chi connectivity index (χ1) is 12.0. The number of nitrogens with one attached hydrogen (secondary N) is 2. The van der Waals surface area contributed by atoms with E-state index in [2.05, 4.69) is 35.9 Å². The lowest BCUT2D eigenvalue weighted by Gasteiger charge is -2.11. The van der Waals surface area contributed by atoms with E-state index in [1.807, 2.05) is 0 Å². The second-order valence-corrected chi connectivity index (χ2v) is 7.22. The highest BCUT2D eigenvalue weighted by atomic mass is 32.2. The van der Waals surface area contributed by atoms with Crippen molar-refractivity contribution in [2.75, 3.05) is 5.32 Å². The number of H-pyrrole nitrogens is 1. The number of aromatic amines is 1. The normalized spacial score (nSPS) is 14.4. The fraction of sp³-hybridized carbons (Fsp3) is 0.214. The van der Waals surface area contributed by atoms with E-state index in [-0.39, 0.29) is 16.3 Å². The fourth-order valence-corrected chi connectivity index (χ4v) is 3.23. The second-order valence-electron chi connectivity index (χ2n) is 5.69. The molecule has 0 bridgehead atoms.